The summed E-state index contributed by atoms with van der Waals surface area (Å²) in [6, 6.07) is 16.6. The molecule has 0 atom stereocenters. The van der Waals surface area contributed by atoms with Crippen LogP contribution in [-0.2, 0) is 0 Å². The van der Waals surface area contributed by atoms with Gasteiger partial charge in [-0.3, -0.25) is 4.79 Å². The van der Waals surface area contributed by atoms with Crippen LogP contribution in [0.4, 0.5) is 10.1 Å². The van der Waals surface area contributed by atoms with Crippen molar-refractivity contribution in [3.8, 4) is 0 Å². The van der Waals surface area contributed by atoms with Crippen molar-refractivity contribution in [1.29, 1.82) is 0 Å². The van der Waals surface area contributed by atoms with Crippen molar-refractivity contribution in [3.05, 3.63) is 66.0 Å². The first-order valence-electron chi connectivity index (χ1n) is 9.50. The van der Waals surface area contributed by atoms with Gasteiger partial charge in [0.15, 0.2) is 0 Å². The van der Waals surface area contributed by atoms with Gasteiger partial charge in [-0.05, 0) is 61.4 Å². The first-order valence-corrected chi connectivity index (χ1v) is 9.50. The number of rotatable bonds is 2. The van der Waals surface area contributed by atoms with Crippen LogP contribution in [0.1, 0.15) is 36.0 Å². The minimum atomic E-state index is -0.349. The van der Waals surface area contributed by atoms with E-state index in [0.29, 0.717) is 11.0 Å². The third kappa shape index (κ3) is 3.46. The topological polar surface area (TPSA) is 23.6 Å². The molecule has 3 nitrogen and oxygen atoms in total. The molecule has 2 fully saturated rings. The van der Waals surface area contributed by atoms with Crippen LogP contribution in [0.2, 0.25) is 0 Å². The fraction of sp³-hybridized carbons (Fsp3) is 0.409. The molecule has 26 heavy (non-hydrogen) atoms. The summed E-state index contributed by atoms with van der Waals surface area (Å²) in [6.07, 6.45) is 4.47. The Hall–Kier alpha value is -2.36. The van der Waals surface area contributed by atoms with Gasteiger partial charge in [0.25, 0.3) is 5.91 Å². The number of piperidine rings is 2. The van der Waals surface area contributed by atoms with E-state index < -0.39 is 0 Å². The van der Waals surface area contributed by atoms with E-state index in [0.717, 1.165) is 39.0 Å². The van der Waals surface area contributed by atoms with Crippen LogP contribution in [0.25, 0.3) is 0 Å². The van der Waals surface area contributed by atoms with Crippen molar-refractivity contribution in [2.75, 3.05) is 31.1 Å². The van der Waals surface area contributed by atoms with Gasteiger partial charge in [-0.2, -0.15) is 0 Å². The molecule has 0 radical (unpaired) electrons. The number of amides is 1. The van der Waals surface area contributed by atoms with Crippen molar-refractivity contribution in [1.82, 2.24) is 4.90 Å². The summed E-state index contributed by atoms with van der Waals surface area (Å²) in [7, 11) is 0. The predicted octanol–water partition coefficient (Wildman–Crippen LogP) is 4.35. The molecule has 2 heterocycles. The van der Waals surface area contributed by atoms with Gasteiger partial charge in [-0.15, -0.1) is 0 Å². The lowest BCUT2D eigenvalue weighted by Crippen LogP contribution is -2.48. The van der Waals surface area contributed by atoms with Crippen LogP contribution in [0.3, 0.4) is 0 Å². The standard InChI is InChI=1S/C22H25FN2O/c23-19-6-4-5-18(17-19)21(26)25-15-11-22(12-16-25)9-13-24(14-10-22)20-7-2-1-3-8-20/h1-8,17H,9-16H2. The van der Waals surface area contributed by atoms with Crippen molar-refractivity contribution in [3.63, 3.8) is 0 Å². The van der Waals surface area contributed by atoms with Crippen molar-refractivity contribution < 1.29 is 9.18 Å². The summed E-state index contributed by atoms with van der Waals surface area (Å²) in [5.74, 6) is -0.390. The number of para-hydroxylation sites is 1. The molecule has 0 unspecified atom stereocenters. The molecule has 0 saturated carbocycles. The molecule has 2 aliphatic heterocycles. The molecular weight excluding hydrogens is 327 g/mol. The summed E-state index contributed by atoms with van der Waals surface area (Å²) in [5.41, 5.74) is 2.13. The summed E-state index contributed by atoms with van der Waals surface area (Å²) >= 11 is 0. The van der Waals surface area contributed by atoms with Crippen LogP contribution < -0.4 is 4.90 Å². The number of benzene rings is 2. The molecule has 0 aliphatic carbocycles. The lowest BCUT2D eigenvalue weighted by molar-refractivity contribution is 0.0514. The molecule has 2 aromatic carbocycles. The third-order valence-electron chi connectivity index (χ3n) is 6.13. The summed E-state index contributed by atoms with van der Waals surface area (Å²) < 4.78 is 13.4. The van der Waals surface area contributed by atoms with E-state index in [4.69, 9.17) is 0 Å². The van der Waals surface area contributed by atoms with Crippen LogP contribution in [0.5, 0.6) is 0 Å². The van der Waals surface area contributed by atoms with E-state index in [1.54, 1.807) is 12.1 Å². The van der Waals surface area contributed by atoms with Gasteiger partial charge in [0.2, 0.25) is 0 Å². The number of anilines is 1. The zero-order chi connectivity index (χ0) is 18.0. The molecule has 2 aliphatic rings. The van der Waals surface area contributed by atoms with Crippen LogP contribution in [0.15, 0.2) is 54.6 Å². The summed E-state index contributed by atoms with van der Waals surface area (Å²) in [6.45, 7) is 3.73. The Kier molecular flexibility index (Phi) is 4.66. The Morgan fingerprint density at radius 3 is 2.15 bits per heavy atom. The van der Waals surface area contributed by atoms with Gasteiger partial charge < -0.3 is 9.80 Å². The number of hydrogen-bond acceptors (Lipinski definition) is 2. The van der Waals surface area contributed by atoms with Gasteiger partial charge in [-0.1, -0.05) is 24.3 Å². The fourth-order valence-electron chi connectivity index (χ4n) is 4.37. The summed E-state index contributed by atoms with van der Waals surface area (Å²) in [5, 5.41) is 0. The van der Waals surface area contributed by atoms with E-state index in [-0.39, 0.29) is 11.7 Å². The van der Waals surface area contributed by atoms with E-state index in [2.05, 4.69) is 35.2 Å². The normalized spacial score (nSPS) is 19.6. The minimum Gasteiger partial charge on any atom is -0.371 e. The predicted molar refractivity (Wildman–Crippen MR) is 102 cm³/mol. The first-order chi connectivity index (χ1) is 12.7. The van der Waals surface area contributed by atoms with E-state index in [1.165, 1.54) is 30.7 Å². The van der Waals surface area contributed by atoms with Gasteiger partial charge in [-0.25, -0.2) is 4.39 Å². The Labute approximate surface area is 154 Å². The molecule has 0 N–H and O–H groups in total. The third-order valence-corrected chi connectivity index (χ3v) is 6.13. The number of hydrogen-bond donors (Lipinski definition) is 0. The zero-order valence-corrected chi connectivity index (χ0v) is 15.0. The molecule has 1 spiro atoms. The highest BCUT2D eigenvalue weighted by molar-refractivity contribution is 5.94. The molecule has 0 aromatic heterocycles. The molecule has 1 amide bonds. The molecular formula is C22H25FN2O. The lowest BCUT2D eigenvalue weighted by atomic mass is 9.71. The Bertz CT molecular complexity index is 759. The SMILES string of the molecule is O=C(c1cccc(F)c1)N1CCC2(CC1)CCN(c1ccccc1)CC2. The average molecular weight is 352 g/mol. The molecule has 4 rings (SSSR count). The average Bonchev–Trinajstić information content (AvgIpc) is 2.69. The smallest absolute Gasteiger partial charge is 0.253 e. The molecule has 0 bridgehead atoms. The van der Waals surface area contributed by atoms with Gasteiger partial charge >= 0.3 is 0 Å². The van der Waals surface area contributed by atoms with E-state index in [1.807, 2.05) is 4.90 Å². The largest absolute Gasteiger partial charge is 0.371 e. The van der Waals surface area contributed by atoms with Gasteiger partial charge in [0, 0.05) is 37.4 Å². The highest BCUT2D eigenvalue weighted by Gasteiger charge is 2.38. The maximum atomic E-state index is 13.4. The van der Waals surface area contributed by atoms with Crippen molar-refractivity contribution in [2.24, 2.45) is 5.41 Å². The zero-order valence-electron chi connectivity index (χ0n) is 15.0. The number of carbonyl (C=O) groups is 1. The van der Waals surface area contributed by atoms with Gasteiger partial charge in [0.05, 0.1) is 0 Å². The second-order valence-electron chi connectivity index (χ2n) is 7.63. The number of nitrogens with zero attached hydrogens (tertiary/aromatic N) is 2. The lowest BCUT2D eigenvalue weighted by Gasteiger charge is -2.47. The second-order valence-corrected chi connectivity index (χ2v) is 7.63. The highest BCUT2D eigenvalue weighted by Crippen LogP contribution is 2.42. The number of halogens is 1. The highest BCUT2D eigenvalue weighted by atomic mass is 19.1. The van der Waals surface area contributed by atoms with Crippen LogP contribution in [0, 0.1) is 11.2 Å². The first kappa shape index (κ1) is 17.1. The van der Waals surface area contributed by atoms with Gasteiger partial charge in [0.1, 0.15) is 5.82 Å². The van der Waals surface area contributed by atoms with E-state index >= 15 is 0 Å². The maximum Gasteiger partial charge on any atom is 0.253 e. The number of likely N-dealkylation sites (tertiary alicyclic amines) is 1. The molecule has 136 valence electrons. The maximum absolute atomic E-state index is 13.4. The van der Waals surface area contributed by atoms with E-state index in [9.17, 15) is 9.18 Å². The summed E-state index contributed by atoms with van der Waals surface area (Å²) in [4.78, 5) is 17.0. The molecule has 2 saturated heterocycles. The van der Waals surface area contributed by atoms with Crippen molar-refractivity contribution in [2.45, 2.75) is 25.7 Å². The monoisotopic (exact) mass is 352 g/mol. The van der Waals surface area contributed by atoms with Crippen molar-refractivity contribution >= 4 is 11.6 Å². The van der Waals surface area contributed by atoms with Crippen LogP contribution >= 0.6 is 0 Å². The molecule has 4 heteroatoms. The fourth-order valence-corrected chi connectivity index (χ4v) is 4.37. The Morgan fingerprint density at radius 1 is 0.846 bits per heavy atom. The quantitative estimate of drug-likeness (QED) is 0.802. The number of carbonyl (C=O) groups excluding carboxylic acids is 1. The Balaban J connectivity index is 1.35. The minimum absolute atomic E-state index is 0.0407. The Morgan fingerprint density at radius 2 is 1.50 bits per heavy atom. The molecule has 2 aromatic rings. The second kappa shape index (κ2) is 7.10. The van der Waals surface area contributed by atoms with Crippen LogP contribution in [-0.4, -0.2) is 37.0 Å².